The molecular weight excluding hydrogens is 696 g/mol. The zero-order valence-corrected chi connectivity index (χ0v) is 29.4. The molecule has 0 aromatic heterocycles. The number of nitrogens with zero attached hydrogens (tertiary/aromatic N) is 1. The van der Waals surface area contributed by atoms with Crippen LogP contribution in [0.5, 0.6) is 0 Å². The summed E-state index contributed by atoms with van der Waals surface area (Å²) in [6.45, 7) is 1.97. The number of hydrogen-bond donors (Lipinski definition) is 12. The normalized spacial score (nSPS) is 23.7. The van der Waals surface area contributed by atoms with Gasteiger partial charge in [0.1, 0.15) is 48.8 Å². The Balaban J connectivity index is 2.83. The van der Waals surface area contributed by atoms with Crippen LogP contribution in [-0.2, 0) is 33.4 Å². The van der Waals surface area contributed by atoms with Crippen LogP contribution in [0.3, 0.4) is 0 Å². The number of esters is 1. The van der Waals surface area contributed by atoms with Crippen LogP contribution in [-0.4, -0.2) is 188 Å². The third-order valence-electron chi connectivity index (χ3n) is 8.31. The van der Waals surface area contributed by atoms with Gasteiger partial charge < -0.3 is 81.4 Å². The van der Waals surface area contributed by atoms with E-state index in [1.165, 1.54) is 11.8 Å². The molecule has 0 bridgehead atoms. The number of carbonyl (C=O) groups excluding carboxylic acids is 4. The first kappa shape index (κ1) is 47.2. The van der Waals surface area contributed by atoms with E-state index < -0.39 is 105 Å². The molecule has 52 heavy (non-hydrogen) atoms. The van der Waals surface area contributed by atoms with Crippen LogP contribution in [0, 0.1) is 0 Å². The predicted molar refractivity (Wildman–Crippen MR) is 179 cm³/mol. The molecule has 0 aromatic rings. The van der Waals surface area contributed by atoms with Gasteiger partial charge in [-0.25, -0.2) is 0 Å². The van der Waals surface area contributed by atoms with Gasteiger partial charge in [0, 0.05) is 32.6 Å². The van der Waals surface area contributed by atoms with Crippen molar-refractivity contribution in [2.24, 2.45) is 5.73 Å². The zero-order chi connectivity index (χ0) is 39.4. The lowest BCUT2D eigenvalue weighted by Crippen LogP contribution is -2.62. The summed E-state index contributed by atoms with van der Waals surface area (Å²) in [4.78, 5) is 51.2. The van der Waals surface area contributed by atoms with Crippen molar-refractivity contribution in [3.05, 3.63) is 12.7 Å². The van der Waals surface area contributed by atoms with Crippen LogP contribution >= 0.6 is 0 Å². The Hall–Kier alpha value is -2.86. The third-order valence-corrected chi connectivity index (χ3v) is 8.31. The van der Waals surface area contributed by atoms with Crippen molar-refractivity contribution < 1.29 is 79.3 Å². The van der Waals surface area contributed by atoms with E-state index in [-0.39, 0.29) is 38.5 Å². The maximum Gasteiger partial charge on any atom is 0.326 e. The molecule has 0 radical (unpaired) electrons. The van der Waals surface area contributed by atoms with Crippen LogP contribution < -0.4 is 16.4 Å². The average molecular weight is 755 g/mol. The lowest BCUT2D eigenvalue weighted by Gasteiger charge is -2.42. The van der Waals surface area contributed by atoms with Gasteiger partial charge >= 0.3 is 5.97 Å². The Kier molecular flexibility index (Phi) is 22.9. The number of nitrogens with one attached hydrogen (secondary N) is 2. The second kappa shape index (κ2) is 25.2. The number of aliphatic hydroxyl groups excluding tert-OH is 9. The minimum atomic E-state index is -2.30. The second-order valence-electron chi connectivity index (χ2n) is 12.5. The summed E-state index contributed by atoms with van der Waals surface area (Å²) in [5.74, 6) is -3.16. The number of allylic oxidation sites excluding steroid dienone is 1. The van der Waals surface area contributed by atoms with Gasteiger partial charge in [0.05, 0.1) is 19.3 Å². The Morgan fingerprint density at radius 3 is 2.13 bits per heavy atom. The van der Waals surface area contributed by atoms with E-state index in [0.717, 1.165) is 32.1 Å². The maximum absolute atomic E-state index is 13.1. The molecular formula is C32H58N4O16. The van der Waals surface area contributed by atoms with E-state index in [9.17, 15) is 65.1 Å². The van der Waals surface area contributed by atoms with E-state index in [2.05, 4.69) is 17.2 Å². The molecule has 1 rings (SSSR count). The molecule has 0 aliphatic carbocycles. The van der Waals surface area contributed by atoms with Crippen LogP contribution in [0.4, 0.5) is 0 Å². The fraction of sp³-hybridized carbons (Fsp3) is 0.812. The highest BCUT2D eigenvalue weighted by atomic mass is 16.7. The van der Waals surface area contributed by atoms with Gasteiger partial charge in [-0.3, -0.25) is 19.2 Å². The summed E-state index contributed by atoms with van der Waals surface area (Å²) in [6, 6.07) is -1.33. The first-order chi connectivity index (χ1) is 24.6. The number of hydrogen-bond acceptors (Lipinski definition) is 17. The molecule has 20 heteroatoms. The quantitative estimate of drug-likeness (QED) is 0.0223. The molecule has 1 aliphatic heterocycles. The van der Waals surface area contributed by atoms with Crippen molar-refractivity contribution in [1.82, 2.24) is 15.5 Å². The number of aliphatic hydroxyl groups is 9. The highest BCUT2D eigenvalue weighted by molar-refractivity contribution is 5.83. The minimum Gasteiger partial charge on any atom is -0.454 e. The van der Waals surface area contributed by atoms with Gasteiger partial charge in [-0.15, -0.1) is 6.58 Å². The minimum absolute atomic E-state index is 0.0240. The number of amides is 3. The van der Waals surface area contributed by atoms with Gasteiger partial charge in [-0.2, -0.15) is 0 Å². The van der Waals surface area contributed by atoms with Crippen molar-refractivity contribution in [3.8, 4) is 0 Å². The van der Waals surface area contributed by atoms with Crippen LogP contribution in [0.1, 0.15) is 51.9 Å². The van der Waals surface area contributed by atoms with E-state index in [1.807, 2.05) is 6.08 Å². The van der Waals surface area contributed by atoms with Gasteiger partial charge in [-0.05, 0) is 26.2 Å². The number of rotatable bonds is 26. The van der Waals surface area contributed by atoms with Gasteiger partial charge in [-0.1, -0.05) is 25.3 Å². The Labute approximate surface area is 302 Å². The molecule has 1 aliphatic rings. The SMILES string of the molecule is C=CCCCCCCCC(=O)N(CCNC(=O)COC(=O)[C@@H](N)[C@@H](C)O)CCNC(=O)C(O)C(O)C(O[C@@H]1OC(CO)[C@H](O)[C@H](O)C1O)C(O)CO. The lowest BCUT2D eigenvalue weighted by molar-refractivity contribution is -0.326. The fourth-order valence-corrected chi connectivity index (χ4v) is 5.02. The molecule has 13 N–H and O–H groups in total. The number of nitrogens with two attached hydrogens (primary N) is 1. The van der Waals surface area contributed by atoms with Gasteiger partial charge in [0.2, 0.25) is 5.91 Å². The molecule has 20 nitrogen and oxygen atoms in total. The molecule has 3 amide bonds. The molecule has 1 saturated heterocycles. The summed E-state index contributed by atoms with van der Waals surface area (Å²) >= 11 is 0. The lowest BCUT2D eigenvalue weighted by atomic mass is 9.98. The molecule has 0 spiro atoms. The van der Waals surface area contributed by atoms with E-state index in [1.54, 1.807) is 0 Å². The summed E-state index contributed by atoms with van der Waals surface area (Å²) in [5.41, 5.74) is 5.47. The first-order valence-electron chi connectivity index (χ1n) is 17.2. The smallest absolute Gasteiger partial charge is 0.326 e. The van der Waals surface area contributed by atoms with Crippen molar-refractivity contribution in [3.63, 3.8) is 0 Å². The molecule has 0 aromatic carbocycles. The molecule has 1 fully saturated rings. The summed E-state index contributed by atoms with van der Waals surface area (Å²) in [7, 11) is 0. The Morgan fingerprint density at radius 2 is 1.54 bits per heavy atom. The largest absolute Gasteiger partial charge is 0.454 e. The summed E-state index contributed by atoms with van der Waals surface area (Å²) in [5, 5.41) is 94.9. The molecule has 1 heterocycles. The Bertz CT molecular complexity index is 1090. The van der Waals surface area contributed by atoms with Crippen molar-refractivity contribution in [1.29, 1.82) is 0 Å². The van der Waals surface area contributed by atoms with Crippen molar-refractivity contribution in [2.45, 2.75) is 119 Å². The standard InChI is InChI=1S/C32H58N4O16/c1-3-4-5-6-7-8-9-10-22(42)36(13-11-34-21(41)17-50-31(49)23(33)18(2)39)14-12-35-30(48)27(46)26(45)29(19(40)15-37)52-32-28(47)25(44)24(43)20(16-38)51-32/h3,18-20,23-29,32,37-40,43-47H,1,4-17,33H2,2H3,(H,34,41)(H,35,48)/t18-,19?,20?,23+,24+,25+,26?,27?,28?,29?,32+/m1/s1. The topological polar surface area (TPSA) is 331 Å². The zero-order valence-electron chi connectivity index (χ0n) is 29.4. The first-order valence-corrected chi connectivity index (χ1v) is 17.2. The highest BCUT2D eigenvalue weighted by Gasteiger charge is 2.47. The Morgan fingerprint density at radius 1 is 0.923 bits per heavy atom. The number of ether oxygens (including phenoxy) is 3. The van der Waals surface area contributed by atoms with Crippen molar-refractivity contribution >= 4 is 23.7 Å². The molecule has 11 atom stereocenters. The van der Waals surface area contributed by atoms with Crippen LogP contribution in [0.2, 0.25) is 0 Å². The predicted octanol–water partition coefficient (Wildman–Crippen LogP) is -5.52. The number of unbranched alkanes of at least 4 members (excludes halogenated alkanes) is 5. The number of carbonyl (C=O) groups is 4. The van der Waals surface area contributed by atoms with Crippen LogP contribution in [0.15, 0.2) is 12.7 Å². The monoisotopic (exact) mass is 754 g/mol. The molecule has 0 saturated carbocycles. The van der Waals surface area contributed by atoms with Gasteiger partial charge in [0.25, 0.3) is 11.8 Å². The van der Waals surface area contributed by atoms with Crippen molar-refractivity contribution in [2.75, 3.05) is 46.0 Å². The van der Waals surface area contributed by atoms with E-state index >= 15 is 0 Å². The van der Waals surface area contributed by atoms with E-state index in [0.29, 0.717) is 6.42 Å². The fourth-order valence-electron chi connectivity index (χ4n) is 5.02. The summed E-state index contributed by atoms with van der Waals surface area (Å²) in [6.07, 6.45) is -11.4. The maximum atomic E-state index is 13.1. The van der Waals surface area contributed by atoms with Gasteiger partial charge in [0.15, 0.2) is 19.0 Å². The average Bonchev–Trinajstić information content (AvgIpc) is 3.13. The van der Waals surface area contributed by atoms with Crippen LogP contribution in [0.25, 0.3) is 0 Å². The second-order valence-corrected chi connectivity index (χ2v) is 12.5. The van der Waals surface area contributed by atoms with E-state index in [4.69, 9.17) is 19.9 Å². The molecule has 6 unspecified atom stereocenters. The highest BCUT2D eigenvalue weighted by Crippen LogP contribution is 2.25. The third kappa shape index (κ3) is 16.0. The summed E-state index contributed by atoms with van der Waals surface area (Å²) < 4.78 is 15.3. The molecule has 302 valence electrons.